The van der Waals surface area contributed by atoms with Crippen LogP contribution in [0.15, 0.2) is 42.5 Å². The van der Waals surface area contributed by atoms with E-state index in [0.717, 1.165) is 16.9 Å². The summed E-state index contributed by atoms with van der Waals surface area (Å²) < 4.78 is 5.63. The van der Waals surface area contributed by atoms with Gasteiger partial charge >= 0.3 is 0 Å². The van der Waals surface area contributed by atoms with Crippen molar-refractivity contribution in [2.24, 2.45) is 0 Å². The molecule has 0 radical (unpaired) electrons. The Morgan fingerprint density at radius 2 is 1.63 bits per heavy atom. The lowest BCUT2D eigenvalue weighted by Crippen LogP contribution is -2.12. The minimum Gasteiger partial charge on any atom is -0.485 e. The Morgan fingerprint density at radius 1 is 1.05 bits per heavy atom. The molecule has 2 nitrogen and oxygen atoms in total. The number of rotatable bonds is 4. The third-order valence-electron chi connectivity index (χ3n) is 2.92. The second kappa shape index (κ2) is 5.89. The van der Waals surface area contributed by atoms with E-state index in [4.69, 9.17) is 16.3 Å². The number of benzene rings is 2. The molecule has 0 bridgehead atoms. The maximum Gasteiger partial charge on any atom is 0.200 e. The summed E-state index contributed by atoms with van der Waals surface area (Å²) in [7, 11) is 0. The maximum atomic E-state index is 12.0. The Hall–Kier alpha value is -1.80. The summed E-state index contributed by atoms with van der Waals surface area (Å²) in [6.45, 7) is 3.97. The molecule has 0 aliphatic carbocycles. The highest BCUT2D eigenvalue weighted by Crippen LogP contribution is 2.22. The van der Waals surface area contributed by atoms with Crippen molar-refractivity contribution in [2.75, 3.05) is 6.61 Å². The minimum absolute atomic E-state index is 0.0350. The quantitative estimate of drug-likeness (QED) is 0.781. The van der Waals surface area contributed by atoms with E-state index in [2.05, 4.69) is 0 Å². The van der Waals surface area contributed by atoms with Gasteiger partial charge in [0.05, 0.1) is 0 Å². The monoisotopic (exact) mass is 274 g/mol. The number of hydrogen-bond donors (Lipinski definition) is 0. The third kappa shape index (κ3) is 3.36. The van der Waals surface area contributed by atoms with Crippen molar-refractivity contribution < 1.29 is 9.53 Å². The van der Waals surface area contributed by atoms with E-state index >= 15 is 0 Å². The van der Waals surface area contributed by atoms with E-state index in [0.29, 0.717) is 10.6 Å². The summed E-state index contributed by atoms with van der Waals surface area (Å²) in [6, 6.07) is 12.7. The van der Waals surface area contributed by atoms with E-state index in [1.54, 1.807) is 24.3 Å². The van der Waals surface area contributed by atoms with Crippen LogP contribution in [-0.2, 0) is 0 Å². The molecule has 0 spiro atoms. The first-order valence-corrected chi connectivity index (χ1v) is 6.43. The van der Waals surface area contributed by atoms with Crippen molar-refractivity contribution in [3.63, 3.8) is 0 Å². The van der Waals surface area contributed by atoms with Crippen molar-refractivity contribution >= 4 is 17.4 Å². The fraction of sp³-hybridized carbons (Fsp3) is 0.188. The van der Waals surface area contributed by atoms with Crippen LogP contribution in [-0.4, -0.2) is 12.4 Å². The molecule has 0 aromatic heterocycles. The highest BCUT2D eigenvalue weighted by Gasteiger charge is 2.09. The van der Waals surface area contributed by atoms with Crippen LogP contribution in [0.2, 0.25) is 5.02 Å². The maximum absolute atomic E-state index is 12.0. The zero-order valence-corrected chi connectivity index (χ0v) is 11.7. The zero-order chi connectivity index (χ0) is 13.8. The lowest BCUT2D eigenvalue weighted by atomic mass is 10.1. The molecule has 0 fully saturated rings. The number of halogens is 1. The Labute approximate surface area is 118 Å². The van der Waals surface area contributed by atoms with Crippen LogP contribution < -0.4 is 4.74 Å². The molecular weight excluding hydrogens is 260 g/mol. The smallest absolute Gasteiger partial charge is 0.200 e. The summed E-state index contributed by atoms with van der Waals surface area (Å²) in [5, 5.41) is 0.618. The minimum atomic E-state index is -0.0562. The predicted molar refractivity (Wildman–Crippen MR) is 77.2 cm³/mol. The lowest BCUT2D eigenvalue weighted by Gasteiger charge is -2.11. The Kier molecular flexibility index (Phi) is 4.23. The number of Topliss-reactive ketones (excluding diaryl/α,β-unsaturated/α-hetero) is 1. The largest absolute Gasteiger partial charge is 0.485 e. The normalized spacial score (nSPS) is 10.3. The van der Waals surface area contributed by atoms with Gasteiger partial charge in [0.1, 0.15) is 5.75 Å². The second-order valence-electron chi connectivity index (χ2n) is 4.44. The van der Waals surface area contributed by atoms with Gasteiger partial charge in [-0.2, -0.15) is 0 Å². The molecule has 0 atom stereocenters. The van der Waals surface area contributed by atoms with Gasteiger partial charge < -0.3 is 4.74 Å². The van der Waals surface area contributed by atoms with Gasteiger partial charge in [-0.3, -0.25) is 4.79 Å². The molecule has 0 amide bonds. The molecule has 0 N–H and O–H groups in total. The number of hydrogen-bond acceptors (Lipinski definition) is 2. The molecule has 98 valence electrons. The standard InChI is InChI=1S/C16H15ClO2/c1-11-4-3-5-12(2)16(11)19-10-15(18)13-6-8-14(17)9-7-13/h3-9H,10H2,1-2H3. The number of para-hydroxylation sites is 1. The molecule has 2 aromatic carbocycles. The topological polar surface area (TPSA) is 26.3 Å². The summed E-state index contributed by atoms with van der Waals surface area (Å²) in [5.41, 5.74) is 2.67. The van der Waals surface area contributed by atoms with Crippen molar-refractivity contribution in [2.45, 2.75) is 13.8 Å². The average molecular weight is 275 g/mol. The van der Waals surface area contributed by atoms with E-state index < -0.39 is 0 Å². The number of aryl methyl sites for hydroxylation is 2. The highest BCUT2D eigenvalue weighted by atomic mass is 35.5. The van der Waals surface area contributed by atoms with Gasteiger partial charge in [-0.25, -0.2) is 0 Å². The van der Waals surface area contributed by atoms with Gasteiger partial charge in [0, 0.05) is 10.6 Å². The molecule has 2 rings (SSSR count). The van der Waals surface area contributed by atoms with Gasteiger partial charge in [0.2, 0.25) is 0 Å². The van der Waals surface area contributed by atoms with Crippen LogP contribution in [0.5, 0.6) is 5.75 Å². The Morgan fingerprint density at radius 3 is 2.21 bits per heavy atom. The van der Waals surface area contributed by atoms with Gasteiger partial charge in [-0.15, -0.1) is 0 Å². The zero-order valence-electron chi connectivity index (χ0n) is 10.9. The van der Waals surface area contributed by atoms with Crippen LogP contribution in [0, 0.1) is 13.8 Å². The van der Waals surface area contributed by atoms with Crippen molar-refractivity contribution in [1.29, 1.82) is 0 Å². The van der Waals surface area contributed by atoms with E-state index in [-0.39, 0.29) is 12.4 Å². The Bertz CT molecular complexity index is 568. The molecular formula is C16H15ClO2. The third-order valence-corrected chi connectivity index (χ3v) is 3.17. The lowest BCUT2D eigenvalue weighted by molar-refractivity contribution is 0.0920. The van der Waals surface area contributed by atoms with Gasteiger partial charge in [0.25, 0.3) is 0 Å². The number of ether oxygens (including phenoxy) is 1. The summed E-state index contributed by atoms with van der Waals surface area (Å²) in [4.78, 5) is 12.0. The van der Waals surface area contributed by atoms with Crippen molar-refractivity contribution in [3.8, 4) is 5.75 Å². The molecule has 2 aromatic rings. The molecule has 0 saturated carbocycles. The summed E-state index contributed by atoms with van der Waals surface area (Å²) in [5.74, 6) is 0.726. The molecule has 0 saturated heterocycles. The summed E-state index contributed by atoms with van der Waals surface area (Å²) >= 11 is 5.79. The van der Waals surface area contributed by atoms with Gasteiger partial charge in [0.15, 0.2) is 12.4 Å². The number of carbonyl (C=O) groups excluding carboxylic acids is 1. The molecule has 0 heterocycles. The number of ketones is 1. The van der Waals surface area contributed by atoms with Crippen molar-refractivity contribution in [3.05, 3.63) is 64.2 Å². The first-order chi connectivity index (χ1) is 9.08. The Balaban J connectivity index is 2.06. The SMILES string of the molecule is Cc1cccc(C)c1OCC(=O)c1ccc(Cl)cc1. The van der Waals surface area contributed by atoms with E-state index in [9.17, 15) is 4.79 Å². The van der Waals surface area contributed by atoms with Crippen LogP contribution in [0.1, 0.15) is 21.5 Å². The first-order valence-electron chi connectivity index (χ1n) is 6.05. The van der Waals surface area contributed by atoms with Crippen LogP contribution in [0.4, 0.5) is 0 Å². The fourth-order valence-electron chi connectivity index (χ4n) is 1.88. The van der Waals surface area contributed by atoms with Crippen LogP contribution in [0.3, 0.4) is 0 Å². The van der Waals surface area contributed by atoms with Crippen LogP contribution in [0.25, 0.3) is 0 Å². The molecule has 0 aliphatic heterocycles. The van der Waals surface area contributed by atoms with Gasteiger partial charge in [-0.05, 0) is 49.2 Å². The summed E-state index contributed by atoms with van der Waals surface area (Å²) in [6.07, 6.45) is 0. The predicted octanol–water partition coefficient (Wildman–Crippen LogP) is 4.22. The molecule has 19 heavy (non-hydrogen) atoms. The average Bonchev–Trinajstić information content (AvgIpc) is 2.38. The molecule has 0 unspecified atom stereocenters. The highest BCUT2D eigenvalue weighted by molar-refractivity contribution is 6.30. The number of carbonyl (C=O) groups is 1. The molecule has 3 heteroatoms. The second-order valence-corrected chi connectivity index (χ2v) is 4.88. The first kappa shape index (κ1) is 13.6. The van der Waals surface area contributed by atoms with Crippen LogP contribution >= 0.6 is 11.6 Å². The van der Waals surface area contributed by atoms with E-state index in [1.165, 1.54) is 0 Å². The van der Waals surface area contributed by atoms with Gasteiger partial charge in [-0.1, -0.05) is 29.8 Å². The fourth-order valence-corrected chi connectivity index (χ4v) is 2.01. The molecule has 0 aliphatic rings. The van der Waals surface area contributed by atoms with E-state index in [1.807, 2.05) is 32.0 Å². The van der Waals surface area contributed by atoms with Crippen molar-refractivity contribution in [1.82, 2.24) is 0 Å².